The highest BCUT2D eigenvalue weighted by Crippen LogP contribution is 2.28. The van der Waals surface area contributed by atoms with E-state index in [0.29, 0.717) is 0 Å². The maximum atomic E-state index is 12.2. The van der Waals surface area contributed by atoms with E-state index in [4.69, 9.17) is 0 Å². The molecular weight excluding hydrogens is 288 g/mol. The van der Waals surface area contributed by atoms with Crippen LogP contribution >= 0.6 is 0 Å². The number of rotatable bonds is 6. The number of hydrogen-bond donors (Lipinski definition) is 1. The van der Waals surface area contributed by atoms with Crippen LogP contribution in [0.2, 0.25) is 0 Å². The number of nitrogens with one attached hydrogen (secondary N) is 1. The Hall–Kier alpha value is -1.26. The Balaban J connectivity index is 1.92. The van der Waals surface area contributed by atoms with Crippen LogP contribution in [-0.2, 0) is 4.79 Å². The van der Waals surface area contributed by atoms with Crippen LogP contribution in [0.4, 0.5) is 0 Å². The van der Waals surface area contributed by atoms with Crippen molar-refractivity contribution >= 4 is 11.9 Å². The first-order valence-electron chi connectivity index (χ1n) is 9.50. The third-order valence-electron chi connectivity index (χ3n) is 5.40. The van der Waals surface area contributed by atoms with E-state index in [2.05, 4.69) is 36.0 Å². The first kappa shape index (κ1) is 18.1. The van der Waals surface area contributed by atoms with Gasteiger partial charge in [0.2, 0.25) is 5.91 Å². The van der Waals surface area contributed by atoms with Gasteiger partial charge in [-0.1, -0.05) is 26.7 Å². The molecule has 2 heterocycles. The van der Waals surface area contributed by atoms with Gasteiger partial charge in [-0.05, 0) is 38.0 Å². The number of nitrogens with zero attached hydrogens (tertiary/aromatic N) is 3. The summed E-state index contributed by atoms with van der Waals surface area (Å²) in [6, 6.07) is 0. The highest BCUT2D eigenvalue weighted by molar-refractivity contribution is 5.85. The molecule has 5 heteroatoms. The molecule has 0 aromatic carbocycles. The molecule has 0 radical (unpaired) electrons. The van der Waals surface area contributed by atoms with Crippen molar-refractivity contribution < 1.29 is 4.79 Å². The lowest BCUT2D eigenvalue weighted by molar-refractivity contribution is -0.128. The number of aliphatic imine (C=N–C) groups is 1. The van der Waals surface area contributed by atoms with Gasteiger partial charge in [0, 0.05) is 32.7 Å². The summed E-state index contributed by atoms with van der Waals surface area (Å²) in [4.78, 5) is 21.1. The van der Waals surface area contributed by atoms with Crippen molar-refractivity contribution in [3.05, 3.63) is 0 Å². The summed E-state index contributed by atoms with van der Waals surface area (Å²) in [5.41, 5.74) is 0. The van der Waals surface area contributed by atoms with Gasteiger partial charge in [-0.15, -0.1) is 0 Å². The first-order chi connectivity index (χ1) is 11.2. The van der Waals surface area contributed by atoms with Crippen molar-refractivity contribution in [1.29, 1.82) is 0 Å². The van der Waals surface area contributed by atoms with Crippen molar-refractivity contribution in [1.82, 2.24) is 15.1 Å². The second kappa shape index (κ2) is 9.14. The average molecular weight is 322 g/mol. The Kier molecular flexibility index (Phi) is 7.18. The van der Waals surface area contributed by atoms with Crippen molar-refractivity contribution in [2.45, 2.75) is 52.9 Å². The van der Waals surface area contributed by atoms with Crippen LogP contribution in [0.25, 0.3) is 0 Å². The van der Waals surface area contributed by atoms with Crippen LogP contribution in [-0.4, -0.2) is 60.9 Å². The van der Waals surface area contributed by atoms with Gasteiger partial charge in [0.25, 0.3) is 0 Å². The largest absolute Gasteiger partial charge is 0.357 e. The predicted octanol–water partition coefficient (Wildman–Crippen LogP) is 2.33. The van der Waals surface area contributed by atoms with Crippen molar-refractivity contribution in [3.8, 4) is 0 Å². The Labute approximate surface area is 141 Å². The summed E-state index contributed by atoms with van der Waals surface area (Å²) in [5, 5.41) is 3.37. The molecule has 1 amide bonds. The standard InChI is InChI=1S/C18H34N4O/c1-4-15(5-2)16-9-12-22(14-16)18(19-6-3)20-13-17(23)21-10-7-8-11-21/h15-16H,4-14H2,1-3H3,(H,19,20). The zero-order valence-corrected chi connectivity index (χ0v) is 15.2. The van der Waals surface area contributed by atoms with E-state index in [-0.39, 0.29) is 12.5 Å². The molecule has 5 nitrogen and oxygen atoms in total. The fraction of sp³-hybridized carbons (Fsp3) is 0.889. The lowest BCUT2D eigenvalue weighted by Gasteiger charge is -2.24. The first-order valence-corrected chi connectivity index (χ1v) is 9.50. The van der Waals surface area contributed by atoms with Gasteiger partial charge in [-0.2, -0.15) is 0 Å². The SMILES string of the molecule is CCNC(=NCC(=O)N1CCCC1)N1CCC(C(CC)CC)C1. The molecule has 0 aromatic rings. The van der Waals surface area contributed by atoms with Gasteiger partial charge in [0.15, 0.2) is 5.96 Å². The molecule has 1 N–H and O–H groups in total. The second-order valence-electron chi connectivity index (χ2n) is 6.83. The van der Waals surface area contributed by atoms with Gasteiger partial charge in [0.05, 0.1) is 0 Å². The Morgan fingerprint density at radius 1 is 1.13 bits per heavy atom. The number of hydrogen-bond acceptors (Lipinski definition) is 2. The predicted molar refractivity (Wildman–Crippen MR) is 95.5 cm³/mol. The Morgan fingerprint density at radius 2 is 1.83 bits per heavy atom. The van der Waals surface area contributed by atoms with Gasteiger partial charge in [0.1, 0.15) is 6.54 Å². The molecule has 1 unspecified atom stereocenters. The summed E-state index contributed by atoms with van der Waals surface area (Å²) in [6.45, 7) is 11.8. The molecule has 0 bridgehead atoms. The minimum absolute atomic E-state index is 0.175. The minimum Gasteiger partial charge on any atom is -0.357 e. The van der Waals surface area contributed by atoms with Gasteiger partial charge >= 0.3 is 0 Å². The third-order valence-corrected chi connectivity index (χ3v) is 5.40. The molecule has 132 valence electrons. The minimum atomic E-state index is 0.175. The molecule has 1 atom stereocenters. The summed E-state index contributed by atoms with van der Waals surface area (Å²) >= 11 is 0. The summed E-state index contributed by atoms with van der Waals surface area (Å²) in [7, 11) is 0. The number of carbonyl (C=O) groups excluding carboxylic acids is 1. The molecule has 23 heavy (non-hydrogen) atoms. The molecule has 0 aliphatic carbocycles. The smallest absolute Gasteiger partial charge is 0.244 e. The molecule has 2 rings (SSSR count). The zero-order valence-electron chi connectivity index (χ0n) is 15.2. The topological polar surface area (TPSA) is 47.9 Å². The summed E-state index contributed by atoms with van der Waals surface area (Å²) in [5.74, 6) is 2.68. The average Bonchev–Trinajstić information content (AvgIpc) is 3.24. The van der Waals surface area contributed by atoms with Crippen molar-refractivity contribution in [3.63, 3.8) is 0 Å². The molecule has 0 saturated carbocycles. The van der Waals surface area contributed by atoms with Crippen molar-refractivity contribution in [2.24, 2.45) is 16.8 Å². The van der Waals surface area contributed by atoms with E-state index in [1.807, 2.05) is 4.90 Å². The number of likely N-dealkylation sites (tertiary alicyclic amines) is 2. The lowest BCUT2D eigenvalue weighted by atomic mass is 9.87. The quantitative estimate of drug-likeness (QED) is 0.603. The fourth-order valence-electron chi connectivity index (χ4n) is 3.95. The summed E-state index contributed by atoms with van der Waals surface area (Å²) < 4.78 is 0. The lowest BCUT2D eigenvalue weighted by Crippen LogP contribution is -2.41. The van der Waals surface area contributed by atoms with E-state index in [9.17, 15) is 4.79 Å². The van der Waals surface area contributed by atoms with E-state index in [1.165, 1.54) is 19.3 Å². The number of guanidine groups is 1. The molecule has 0 spiro atoms. The van der Waals surface area contributed by atoms with Gasteiger partial charge in [-0.25, -0.2) is 4.99 Å². The van der Waals surface area contributed by atoms with Crippen LogP contribution in [0.15, 0.2) is 4.99 Å². The highest BCUT2D eigenvalue weighted by atomic mass is 16.2. The molecule has 2 aliphatic heterocycles. The van der Waals surface area contributed by atoms with Crippen molar-refractivity contribution in [2.75, 3.05) is 39.3 Å². The molecule has 0 aromatic heterocycles. The van der Waals surface area contributed by atoms with Crippen LogP contribution < -0.4 is 5.32 Å². The third kappa shape index (κ3) is 4.85. The zero-order chi connectivity index (χ0) is 16.7. The maximum Gasteiger partial charge on any atom is 0.244 e. The van der Waals surface area contributed by atoms with Crippen LogP contribution in [0.5, 0.6) is 0 Å². The highest BCUT2D eigenvalue weighted by Gasteiger charge is 2.29. The molecule has 2 fully saturated rings. The van der Waals surface area contributed by atoms with Crippen LogP contribution in [0, 0.1) is 11.8 Å². The monoisotopic (exact) mass is 322 g/mol. The Bertz CT molecular complexity index is 400. The fourth-order valence-corrected chi connectivity index (χ4v) is 3.95. The van der Waals surface area contributed by atoms with E-state index in [0.717, 1.165) is 63.4 Å². The molecule has 2 aliphatic rings. The van der Waals surface area contributed by atoms with Gasteiger partial charge < -0.3 is 15.1 Å². The Morgan fingerprint density at radius 3 is 2.43 bits per heavy atom. The van der Waals surface area contributed by atoms with E-state index >= 15 is 0 Å². The number of amides is 1. The second-order valence-corrected chi connectivity index (χ2v) is 6.83. The molecular formula is C18H34N4O. The number of carbonyl (C=O) groups is 1. The van der Waals surface area contributed by atoms with E-state index in [1.54, 1.807) is 0 Å². The molecule has 2 saturated heterocycles. The van der Waals surface area contributed by atoms with Gasteiger partial charge in [-0.3, -0.25) is 4.79 Å². The van der Waals surface area contributed by atoms with Crippen LogP contribution in [0.1, 0.15) is 52.9 Å². The van der Waals surface area contributed by atoms with E-state index < -0.39 is 0 Å². The summed E-state index contributed by atoms with van der Waals surface area (Å²) in [6.07, 6.45) is 6.04. The normalized spacial score (nSPS) is 22.3. The maximum absolute atomic E-state index is 12.2. The van der Waals surface area contributed by atoms with Crippen LogP contribution in [0.3, 0.4) is 0 Å².